The molecule has 4 heterocycles. The average molecular weight is 331 g/mol. The molecule has 2 N–H and O–H groups in total. The number of aryl methyl sites for hydroxylation is 2. The molecule has 0 bridgehead atoms. The Bertz CT molecular complexity index is 1050. The number of benzene rings is 1. The molecule has 1 atom stereocenters. The number of hydrogen-bond donors (Lipinski definition) is 2. The Hall–Kier alpha value is -2.59. The summed E-state index contributed by atoms with van der Waals surface area (Å²) < 4.78 is 0. The first kappa shape index (κ1) is 13.8. The number of pyridine rings is 1. The topological polar surface area (TPSA) is 40.7 Å². The van der Waals surface area contributed by atoms with Crippen LogP contribution in [0, 0.1) is 13.8 Å². The maximum Gasteiger partial charge on any atom is 0.138 e. The van der Waals surface area contributed by atoms with Gasteiger partial charge >= 0.3 is 0 Å². The smallest absolute Gasteiger partial charge is 0.138 e. The zero-order valence-corrected chi connectivity index (χ0v) is 14.4. The minimum absolute atomic E-state index is 0.141. The van der Waals surface area contributed by atoms with E-state index in [1.165, 1.54) is 43.1 Å². The molecule has 0 saturated heterocycles. The van der Waals surface area contributed by atoms with Crippen LogP contribution in [0.4, 0.5) is 5.69 Å². The molecular weight excluding hydrogens is 314 g/mol. The van der Waals surface area contributed by atoms with E-state index in [4.69, 9.17) is 0 Å². The first-order chi connectivity index (χ1) is 11.7. The number of rotatable bonds is 1. The number of anilines is 1. The molecule has 0 saturated carbocycles. The van der Waals surface area contributed by atoms with Gasteiger partial charge in [-0.15, -0.1) is 11.3 Å². The van der Waals surface area contributed by atoms with E-state index >= 15 is 0 Å². The van der Waals surface area contributed by atoms with Gasteiger partial charge in [0.05, 0.1) is 6.04 Å². The largest absolute Gasteiger partial charge is 0.373 e. The molecule has 1 aliphatic heterocycles. The SMILES string of the molecule is Cc1cc(C2Nc3ccccc3-c3ccnc4[nH]cc2c34)sc1C. The van der Waals surface area contributed by atoms with Crippen molar-refractivity contribution < 1.29 is 0 Å². The van der Waals surface area contributed by atoms with E-state index in [2.05, 4.69) is 71.7 Å². The first-order valence-electron chi connectivity index (χ1n) is 8.11. The number of hydrogen-bond acceptors (Lipinski definition) is 3. The summed E-state index contributed by atoms with van der Waals surface area (Å²) in [5.41, 5.74) is 7.23. The van der Waals surface area contributed by atoms with E-state index in [1.54, 1.807) is 0 Å². The molecule has 3 aromatic heterocycles. The van der Waals surface area contributed by atoms with Crippen molar-refractivity contribution in [2.24, 2.45) is 0 Å². The van der Waals surface area contributed by atoms with Crippen LogP contribution in [-0.2, 0) is 0 Å². The molecule has 5 rings (SSSR count). The maximum absolute atomic E-state index is 4.53. The van der Waals surface area contributed by atoms with Gasteiger partial charge in [0.25, 0.3) is 0 Å². The number of nitrogens with zero attached hydrogens (tertiary/aromatic N) is 1. The molecule has 0 radical (unpaired) electrons. The van der Waals surface area contributed by atoms with Crippen molar-refractivity contribution in [1.82, 2.24) is 9.97 Å². The molecule has 0 fully saturated rings. The molecule has 3 nitrogen and oxygen atoms in total. The third-order valence-corrected chi connectivity index (χ3v) is 6.12. The molecule has 0 spiro atoms. The highest BCUT2D eigenvalue weighted by atomic mass is 32.1. The van der Waals surface area contributed by atoms with Gasteiger partial charge in [0.1, 0.15) is 5.65 Å². The van der Waals surface area contributed by atoms with Gasteiger partial charge in [-0.3, -0.25) is 0 Å². The lowest BCUT2D eigenvalue weighted by atomic mass is 10.00. The number of H-pyrrole nitrogens is 1. The van der Waals surface area contributed by atoms with E-state index in [0.717, 1.165) is 5.65 Å². The molecule has 1 aromatic carbocycles. The van der Waals surface area contributed by atoms with Crippen molar-refractivity contribution in [3.8, 4) is 11.1 Å². The lowest BCUT2D eigenvalue weighted by Crippen LogP contribution is -2.09. The second-order valence-electron chi connectivity index (χ2n) is 6.34. The van der Waals surface area contributed by atoms with Gasteiger partial charge in [0, 0.05) is 44.3 Å². The zero-order valence-electron chi connectivity index (χ0n) is 13.6. The predicted octanol–water partition coefficient (Wildman–Crippen LogP) is 5.42. The summed E-state index contributed by atoms with van der Waals surface area (Å²) in [5.74, 6) is 0. The van der Waals surface area contributed by atoms with E-state index in [0.29, 0.717) is 0 Å². The Kier molecular flexibility index (Phi) is 2.85. The van der Waals surface area contributed by atoms with Crippen molar-refractivity contribution in [3.05, 3.63) is 69.7 Å². The summed E-state index contributed by atoms with van der Waals surface area (Å²) in [5, 5.41) is 5.00. The molecular formula is C20H17N3S. The standard InChI is InChI=1S/C20H17N3S/c1-11-9-17(24-12(11)2)19-15-10-22-20-18(15)14(7-8-21-20)13-5-3-4-6-16(13)23-19/h3-10,19,23H,1-2H3,(H,21,22). The summed E-state index contributed by atoms with van der Waals surface area (Å²) in [6.45, 7) is 4.37. The summed E-state index contributed by atoms with van der Waals surface area (Å²) >= 11 is 1.87. The molecule has 4 heteroatoms. The Balaban J connectivity index is 1.85. The minimum atomic E-state index is 0.141. The number of thiophene rings is 1. The van der Waals surface area contributed by atoms with E-state index in [9.17, 15) is 0 Å². The quantitative estimate of drug-likeness (QED) is 0.489. The van der Waals surface area contributed by atoms with Crippen LogP contribution in [0.1, 0.15) is 26.9 Å². The monoisotopic (exact) mass is 331 g/mol. The van der Waals surface area contributed by atoms with Crippen LogP contribution in [0.15, 0.2) is 48.8 Å². The van der Waals surface area contributed by atoms with Crippen molar-refractivity contribution in [2.45, 2.75) is 19.9 Å². The fourth-order valence-corrected chi connectivity index (χ4v) is 4.69. The van der Waals surface area contributed by atoms with Crippen molar-refractivity contribution in [3.63, 3.8) is 0 Å². The zero-order chi connectivity index (χ0) is 16.3. The van der Waals surface area contributed by atoms with Crippen LogP contribution in [0.5, 0.6) is 0 Å². The summed E-state index contributed by atoms with van der Waals surface area (Å²) in [4.78, 5) is 10.6. The van der Waals surface area contributed by atoms with Crippen LogP contribution >= 0.6 is 11.3 Å². The van der Waals surface area contributed by atoms with E-state index < -0.39 is 0 Å². The fraction of sp³-hybridized carbons (Fsp3) is 0.150. The maximum atomic E-state index is 4.53. The van der Waals surface area contributed by atoms with Crippen LogP contribution < -0.4 is 5.32 Å². The average Bonchev–Trinajstić information content (AvgIpc) is 3.12. The third-order valence-electron chi connectivity index (χ3n) is 4.90. The van der Waals surface area contributed by atoms with Gasteiger partial charge < -0.3 is 10.3 Å². The summed E-state index contributed by atoms with van der Waals surface area (Å²) in [7, 11) is 0. The highest BCUT2D eigenvalue weighted by Gasteiger charge is 2.26. The molecule has 4 aromatic rings. The van der Waals surface area contributed by atoms with Crippen LogP contribution in [0.3, 0.4) is 0 Å². The van der Waals surface area contributed by atoms with Gasteiger partial charge in [-0.05, 0) is 43.2 Å². The van der Waals surface area contributed by atoms with Gasteiger partial charge in [0.15, 0.2) is 0 Å². The van der Waals surface area contributed by atoms with Crippen molar-refractivity contribution in [1.29, 1.82) is 0 Å². The van der Waals surface area contributed by atoms with Gasteiger partial charge in [-0.1, -0.05) is 18.2 Å². The Labute approximate surface area is 144 Å². The van der Waals surface area contributed by atoms with Gasteiger partial charge in [-0.2, -0.15) is 0 Å². The number of fused-ring (bicyclic) bond motifs is 2. The van der Waals surface area contributed by atoms with Crippen LogP contribution in [0.2, 0.25) is 0 Å². The predicted molar refractivity (Wildman–Crippen MR) is 101 cm³/mol. The number of para-hydroxylation sites is 1. The molecule has 1 aliphatic rings. The lowest BCUT2D eigenvalue weighted by molar-refractivity contribution is 0.978. The number of aromatic nitrogens is 2. The summed E-state index contributed by atoms with van der Waals surface area (Å²) in [6.07, 6.45) is 3.99. The van der Waals surface area contributed by atoms with Crippen molar-refractivity contribution >= 4 is 28.1 Å². The van der Waals surface area contributed by atoms with Gasteiger partial charge in [0.2, 0.25) is 0 Å². The second kappa shape index (κ2) is 4.95. The second-order valence-corrected chi connectivity index (χ2v) is 7.62. The Morgan fingerprint density at radius 3 is 2.79 bits per heavy atom. The fourth-order valence-electron chi connectivity index (χ4n) is 3.58. The Morgan fingerprint density at radius 2 is 1.96 bits per heavy atom. The number of aromatic amines is 1. The van der Waals surface area contributed by atoms with Gasteiger partial charge in [-0.25, -0.2) is 4.98 Å². The highest BCUT2D eigenvalue weighted by Crippen LogP contribution is 2.44. The van der Waals surface area contributed by atoms with Crippen LogP contribution in [-0.4, -0.2) is 9.97 Å². The lowest BCUT2D eigenvalue weighted by Gasteiger charge is -2.17. The third kappa shape index (κ3) is 1.86. The molecule has 0 aliphatic carbocycles. The normalized spacial score (nSPS) is 15.8. The number of nitrogens with one attached hydrogen (secondary N) is 2. The summed E-state index contributed by atoms with van der Waals surface area (Å²) in [6, 6.07) is 13.1. The molecule has 24 heavy (non-hydrogen) atoms. The van der Waals surface area contributed by atoms with Crippen molar-refractivity contribution in [2.75, 3.05) is 5.32 Å². The molecule has 118 valence electrons. The van der Waals surface area contributed by atoms with Crippen LogP contribution in [0.25, 0.3) is 22.2 Å². The minimum Gasteiger partial charge on any atom is -0.373 e. The first-order valence-corrected chi connectivity index (χ1v) is 8.93. The molecule has 0 amide bonds. The van der Waals surface area contributed by atoms with E-state index in [-0.39, 0.29) is 6.04 Å². The van der Waals surface area contributed by atoms with E-state index in [1.807, 2.05) is 17.5 Å². The highest BCUT2D eigenvalue weighted by molar-refractivity contribution is 7.12. The molecule has 1 unspecified atom stereocenters. The Morgan fingerprint density at radius 1 is 1.08 bits per heavy atom.